The van der Waals surface area contributed by atoms with Crippen molar-refractivity contribution in [3.05, 3.63) is 41.5 Å². The van der Waals surface area contributed by atoms with Crippen molar-refractivity contribution in [3.63, 3.8) is 0 Å². The number of halogens is 1. The number of rotatable bonds is 5. The first-order valence-corrected chi connectivity index (χ1v) is 7.81. The van der Waals surface area contributed by atoms with E-state index in [0.29, 0.717) is 6.54 Å². The zero-order valence-electron chi connectivity index (χ0n) is 12.3. The molecule has 0 heterocycles. The molecule has 0 aromatic heterocycles. The molecule has 0 atom stereocenters. The Kier molecular flexibility index (Phi) is 6.79. The lowest BCUT2D eigenvalue weighted by molar-refractivity contribution is 0.0529. The van der Waals surface area contributed by atoms with Gasteiger partial charge in [-0.25, -0.2) is 4.79 Å². The van der Waals surface area contributed by atoms with Gasteiger partial charge in [-0.3, -0.25) is 0 Å². The van der Waals surface area contributed by atoms with Crippen LogP contribution in [0.5, 0.6) is 0 Å². The van der Waals surface area contributed by atoms with E-state index in [1.165, 1.54) is 5.56 Å². The highest BCUT2D eigenvalue weighted by Gasteiger charge is 2.14. The Bertz CT molecular complexity index is 447. The number of alkyl carbamates (subject to hydrolysis) is 1. The summed E-state index contributed by atoms with van der Waals surface area (Å²) in [6.07, 6.45) is 4.50. The van der Waals surface area contributed by atoms with Crippen LogP contribution < -0.4 is 5.32 Å². The summed E-state index contributed by atoms with van der Waals surface area (Å²) in [5.74, 6) is 0. The van der Waals surface area contributed by atoms with Crippen LogP contribution in [-0.4, -0.2) is 18.2 Å². The number of hydrogen-bond donors (Lipinski definition) is 1. The number of nitrogens with one attached hydrogen (secondary N) is 1. The van der Waals surface area contributed by atoms with Crippen molar-refractivity contribution in [2.75, 3.05) is 6.54 Å². The van der Waals surface area contributed by atoms with E-state index in [1.807, 2.05) is 26.8 Å². The fourth-order valence-electron chi connectivity index (χ4n) is 1.51. The molecule has 0 aliphatic heterocycles. The van der Waals surface area contributed by atoms with Gasteiger partial charge in [0.05, 0.1) is 0 Å². The summed E-state index contributed by atoms with van der Waals surface area (Å²) < 4.78 is 5.15. The van der Waals surface area contributed by atoms with E-state index in [2.05, 4.69) is 51.6 Å². The summed E-state index contributed by atoms with van der Waals surface area (Å²) in [7, 11) is 0. The molecule has 4 heteroatoms. The first-order chi connectivity index (χ1) is 9.40. The van der Waals surface area contributed by atoms with Crippen molar-refractivity contribution >= 4 is 28.1 Å². The molecular weight excluding hydrogens is 318 g/mol. The molecule has 0 saturated carbocycles. The van der Waals surface area contributed by atoms with Crippen LogP contribution in [0.1, 0.15) is 38.3 Å². The summed E-state index contributed by atoms with van der Waals surface area (Å²) in [6, 6.07) is 8.34. The highest BCUT2D eigenvalue weighted by Crippen LogP contribution is 2.09. The summed E-state index contributed by atoms with van der Waals surface area (Å²) >= 11 is 3.42. The molecule has 0 aliphatic carbocycles. The summed E-state index contributed by atoms with van der Waals surface area (Å²) in [5, 5.41) is 3.60. The molecule has 0 unspecified atom stereocenters. The van der Waals surface area contributed by atoms with Gasteiger partial charge in [0.25, 0.3) is 0 Å². The van der Waals surface area contributed by atoms with Gasteiger partial charge in [0, 0.05) is 11.9 Å². The molecule has 0 saturated heterocycles. The number of ether oxygens (including phenoxy) is 1. The molecule has 110 valence electrons. The van der Waals surface area contributed by atoms with Crippen LogP contribution in [0.2, 0.25) is 0 Å². The third-order valence-corrected chi connectivity index (χ3v) is 3.07. The summed E-state index contributed by atoms with van der Waals surface area (Å²) in [5.41, 5.74) is 1.97. The lowest BCUT2D eigenvalue weighted by Gasteiger charge is -2.19. The van der Waals surface area contributed by atoms with Crippen molar-refractivity contribution in [1.82, 2.24) is 5.32 Å². The van der Waals surface area contributed by atoms with Crippen molar-refractivity contribution in [2.45, 2.75) is 38.1 Å². The minimum Gasteiger partial charge on any atom is -0.444 e. The largest absolute Gasteiger partial charge is 0.444 e. The van der Waals surface area contributed by atoms with Gasteiger partial charge in [-0.2, -0.15) is 0 Å². The Hall–Kier alpha value is -1.29. The molecule has 3 nitrogen and oxygen atoms in total. The minimum atomic E-state index is -0.447. The second-order valence-electron chi connectivity index (χ2n) is 5.49. The van der Waals surface area contributed by atoms with Crippen molar-refractivity contribution in [2.24, 2.45) is 0 Å². The summed E-state index contributed by atoms with van der Waals surface area (Å²) in [6.45, 7) is 6.13. The Morgan fingerprint density at radius 2 is 1.95 bits per heavy atom. The quantitative estimate of drug-likeness (QED) is 0.633. The Morgan fingerprint density at radius 3 is 2.50 bits per heavy atom. The number of amides is 1. The van der Waals surface area contributed by atoms with Crippen LogP contribution in [0.4, 0.5) is 4.79 Å². The number of carbonyl (C=O) groups is 1. The Balaban J connectivity index is 2.26. The van der Waals surface area contributed by atoms with Crippen molar-refractivity contribution in [3.8, 4) is 0 Å². The summed E-state index contributed by atoms with van der Waals surface area (Å²) in [4.78, 5) is 11.4. The zero-order chi connectivity index (χ0) is 15.0. The maximum Gasteiger partial charge on any atom is 0.407 e. The van der Waals surface area contributed by atoms with Gasteiger partial charge in [-0.05, 0) is 38.3 Å². The Labute approximate surface area is 129 Å². The van der Waals surface area contributed by atoms with Gasteiger partial charge >= 0.3 is 6.09 Å². The second-order valence-corrected chi connectivity index (χ2v) is 6.06. The normalized spacial score (nSPS) is 11.6. The standard InChI is InChI=1S/C16H22BrNO2/c1-16(2,3)20-15(19)18-11-5-4-6-13-7-9-14(12-17)10-8-13/h4,6-10H,5,11-12H2,1-3H3,(H,18,19). The van der Waals surface area contributed by atoms with E-state index in [-0.39, 0.29) is 6.09 Å². The van der Waals surface area contributed by atoms with Gasteiger partial charge in [0.15, 0.2) is 0 Å². The fraction of sp³-hybridized carbons (Fsp3) is 0.438. The van der Waals surface area contributed by atoms with E-state index in [1.54, 1.807) is 0 Å². The number of alkyl halides is 1. The lowest BCUT2D eigenvalue weighted by atomic mass is 10.1. The fourth-order valence-corrected chi connectivity index (χ4v) is 1.88. The molecule has 0 bridgehead atoms. The molecule has 1 rings (SSSR count). The van der Waals surface area contributed by atoms with E-state index in [9.17, 15) is 4.79 Å². The molecule has 1 aromatic rings. The first-order valence-electron chi connectivity index (χ1n) is 6.69. The van der Waals surface area contributed by atoms with Gasteiger partial charge in [-0.15, -0.1) is 0 Å². The van der Waals surface area contributed by atoms with Crippen LogP contribution in [0, 0.1) is 0 Å². The van der Waals surface area contributed by atoms with E-state index in [4.69, 9.17) is 4.74 Å². The third-order valence-electron chi connectivity index (χ3n) is 2.42. The van der Waals surface area contributed by atoms with E-state index < -0.39 is 5.60 Å². The van der Waals surface area contributed by atoms with Crippen LogP contribution in [0.25, 0.3) is 6.08 Å². The molecule has 0 fully saturated rings. The average molecular weight is 340 g/mol. The van der Waals surface area contributed by atoms with Crippen molar-refractivity contribution in [1.29, 1.82) is 0 Å². The highest BCUT2D eigenvalue weighted by atomic mass is 79.9. The Morgan fingerprint density at radius 1 is 1.30 bits per heavy atom. The van der Waals surface area contributed by atoms with Gasteiger partial charge in [-0.1, -0.05) is 52.3 Å². The molecular formula is C16H22BrNO2. The smallest absolute Gasteiger partial charge is 0.407 e. The van der Waals surface area contributed by atoms with E-state index in [0.717, 1.165) is 17.3 Å². The van der Waals surface area contributed by atoms with Crippen LogP contribution in [0.15, 0.2) is 30.3 Å². The third kappa shape index (κ3) is 7.34. The zero-order valence-corrected chi connectivity index (χ0v) is 13.9. The van der Waals surface area contributed by atoms with Crippen LogP contribution in [0.3, 0.4) is 0 Å². The topological polar surface area (TPSA) is 38.3 Å². The highest BCUT2D eigenvalue weighted by molar-refractivity contribution is 9.08. The minimum absolute atomic E-state index is 0.368. The molecule has 0 aliphatic rings. The van der Waals surface area contributed by atoms with Gasteiger partial charge < -0.3 is 10.1 Å². The maximum absolute atomic E-state index is 11.4. The SMILES string of the molecule is CC(C)(C)OC(=O)NCCC=Cc1ccc(CBr)cc1. The van der Waals surface area contributed by atoms with Crippen molar-refractivity contribution < 1.29 is 9.53 Å². The molecule has 1 N–H and O–H groups in total. The van der Waals surface area contributed by atoms with Crippen LogP contribution in [-0.2, 0) is 10.1 Å². The molecule has 20 heavy (non-hydrogen) atoms. The number of hydrogen-bond acceptors (Lipinski definition) is 2. The second kappa shape index (κ2) is 8.10. The van der Waals surface area contributed by atoms with Gasteiger partial charge in [0.2, 0.25) is 0 Å². The predicted molar refractivity (Wildman–Crippen MR) is 87.0 cm³/mol. The first kappa shape index (κ1) is 16.8. The van der Waals surface area contributed by atoms with Gasteiger partial charge in [0.1, 0.15) is 5.60 Å². The number of carbonyl (C=O) groups excluding carboxylic acids is 1. The molecule has 1 aromatic carbocycles. The van der Waals surface area contributed by atoms with Crippen LogP contribution >= 0.6 is 15.9 Å². The molecule has 0 spiro atoms. The molecule has 1 amide bonds. The number of benzene rings is 1. The lowest BCUT2D eigenvalue weighted by Crippen LogP contribution is -2.32. The maximum atomic E-state index is 11.4. The van der Waals surface area contributed by atoms with E-state index >= 15 is 0 Å². The average Bonchev–Trinajstić information content (AvgIpc) is 2.37. The monoisotopic (exact) mass is 339 g/mol. The predicted octanol–water partition coefficient (Wildman–Crippen LogP) is 4.51. The molecule has 0 radical (unpaired) electrons.